The Hall–Kier alpha value is -1.78. The third-order valence-corrected chi connectivity index (χ3v) is 4.72. The van der Waals surface area contributed by atoms with Crippen LogP contribution in [-0.4, -0.2) is 39.0 Å². The number of aromatic nitrogens is 1. The van der Waals surface area contributed by atoms with Crippen LogP contribution in [0, 0.1) is 5.92 Å². The highest BCUT2D eigenvalue weighted by Crippen LogP contribution is 2.38. The second-order valence-electron chi connectivity index (χ2n) is 5.84. The molecule has 1 saturated carbocycles. The van der Waals surface area contributed by atoms with Gasteiger partial charge in [-0.2, -0.15) is 0 Å². The lowest BCUT2D eigenvalue weighted by Gasteiger charge is -2.47. The molecule has 0 radical (unpaired) electrons. The van der Waals surface area contributed by atoms with Crippen LogP contribution in [0.1, 0.15) is 49.0 Å². The second kappa shape index (κ2) is 5.31. The molecule has 1 aliphatic heterocycles. The molecular weight excluding hydrogens is 256 g/mol. The number of hydrogen-bond donors (Lipinski definition) is 2. The molecule has 1 amide bonds. The molecular formula is C15H20N2O3. The number of fused-ring (bicyclic) bond motifs is 1. The first-order valence-electron chi connectivity index (χ1n) is 7.37. The van der Waals surface area contributed by atoms with Crippen LogP contribution in [0.4, 0.5) is 0 Å². The molecule has 3 rings (SSSR count). The first-order valence-corrected chi connectivity index (χ1v) is 7.37. The summed E-state index contributed by atoms with van der Waals surface area (Å²) in [6.07, 6.45) is 7.53. The number of carboxylic acids is 1. The van der Waals surface area contributed by atoms with Gasteiger partial charge in [0.15, 0.2) is 0 Å². The van der Waals surface area contributed by atoms with Gasteiger partial charge in [0.25, 0.3) is 5.91 Å². The number of carboxylic acid groups (broad SMARTS) is 1. The van der Waals surface area contributed by atoms with Gasteiger partial charge in [-0.05, 0) is 43.7 Å². The van der Waals surface area contributed by atoms with Crippen molar-refractivity contribution in [2.24, 2.45) is 5.92 Å². The van der Waals surface area contributed by atoms with E-state index in [1.165, 1.54) is 6.42 Å². The predicted molar refractivity (Wildman–Crippen MR) is 73.4 cm³/mol. The van der Waals surface area contributed by atoms with Gasteiger partial charge in [-0.15, -0.1) is 0 Å². The minimum atomic E-state index is -0.881. The van der Waals surface area contributed by atoms with Crippen LogP contribution in [0.25, 0.3) is 0 Å². The van der Waals surface area contributed by atoms with E-state index in [-0.39, 0.29) is 11.9 Å². The highest BCUT2D eigenvalue weighted by atomic mass is 16.4. The molecule has 1 aliphatic carbocycles. The van der Waals surface area contributed by atoms with Gasteiger partial charge >= 0.3 is 5.97 Å². The van der Waals surface area contributed by atoms with E-state index in [0.717, 1.165) is 25.7 Å². The zero-order valence-corrected chi connectivity index (χ0v) is 11.4. The van der Waals surface area contributed by atoms with Crippen molar-refractivity contribution in [1.29, 1.82) is 0 Å². The van der Waals surface area contributed by atoms with Crippen molar-refractivity contribution in [3.05, 3.63) is 24.0 Å². The lowest BCUT2D eigenvalue weighted by Crippen LogP contribution is -2.57. The number of H-pyrrole nitrogens is 1. The Labute approximate surface area is 118 Å². The lowest BCUT2D eigenvalue weighted by molar-refractivity contribution is -0.146. The van der Waals surface area contributed by atoms with Crippen LogP contribution >= 0.6 is 0 Å². The minimum absolute atomic E-state index is 0.0920. The van der Waals surface area contributed by atoms with E-state index in [9.17, 15) is 14.7 Å². The molecule has 2 aliphatic rings. The molecule has 20 heavy (non-hydrogen) atoms. The van der Waals surface area contributed by atoms with Crippen molar-refractivity contribution in [2.45, 2.75) is 50.6 Å². The number of piperidine rings is 1. The minimum Gasteiger partial charge on any atom is -0.480 e. The van der Waals surface area contributed by atoms with E-state index in [2.05, 4.69) is 4.98 Å². The van der Waals surface area contributed by atoms with Crippen LogP contribution in [0.3, 0.4) is 0 Å². The predicted octanol–water partition coefficient (Wildman–Crippen LogP) is 2.26. The first-order chi connectivity index (χ1) is 9.68. The fraction of sp³-hybridized carbons (Fsp3) is 0.600. The van der Waals surface area contributed by atoms with Crippen LogP contribution in [0.15, 0.2) is 18.3 Å². The molecule has 1 saturated heterocycles. The Morgan fingerprint density at radius 3 is 2.70 bits per heavy atom. The van der Waals surface area contributed by atoms with Gasteiger partial charge in [-0.25, -0.2) is 4.79 Å². The van der Waals surface area contributed by atoms with Crippen LogP contribution in [-0.2, 0) is 4.79 Å². The molecule has 5 nitrogen and oxygen atoms in total. The Morgan fingerprint density at radius 1 is 1.20 bits per heavy atom. The number of likely N-dealkylation sites (tertiary alicyclic amines) is 1. The third kappa shape index (κ3) is 2.21. The summed E-state index contributed by atoms with van der Waals surface area (Å²) in [6.45, 7) is 0. The van der Waals surface area contributed by atoms with Crippen molar-refractivity contribution in [3.63, 3.8) is 0 Å². The number of aromatic amines is 1. The number of carbonyl (C=O) groups is 2. The summed E-state index contributed by atoms with van der Waals surface area (Å²) in [5.74, 6) is -0.578. The van der Waals surface area contributed by atoms with E-state index in [4.69, 9.17) is 0 Å². The normalized spacial score (nSPS) is 29.8. The number of hydrogen-bond acceptors (Lipinski definition) is 2. The molecule has 0 bridgehead atoms. The van der Waals surface area contributed by atoms with Crippen LogP contribution in [0.5, 0.6) is 0 Å². The molecule has 0 spiro atoms. The zero-order chi connectivity index (χ0) is 14.1. The van der Waals surface area contributed by atoms with Gasteiger partial charge < -0.3 is 15.0 Å². The summed E-state index contributed by atoms with van der Waals surface area (Å²) in [5, 5.41) is 9.44. The number of rotatable bonds is 2. The van der Waals surface area contributed by atoms with Crippen LogP contribution in [0.2, 0.25) is 0 Å². The first kappa shape index (κ1) is 13.2. The van der Waals surface area contributed by atoms with Gasteiger partial charge in [0.2, 0.25) is 0 Å². The average Bonchev–Trinajstić information content (AvgIpc) is 2.99. The number of amides is 1. The van der Waals surface area contributed by atoms with Gasteiger partial charge in [0, 0.05) is 12.2 Å². The molecule has 2 N–H and O–H groups in total. The zero-order valence-electron chi connectivity index (χ0n) is 11.4. The standard InChI is InChI=1S/C15H20N2O3/c18-14(11-5-3-9-16-11)17-12-6-2-1-4-10(12)7-8-13(17)15(19)20/h3,5,9-10,12-13,16H,1-2,4,6-8H2,(H,19,20). The fourth-order valence-corrected chi connectivity index (χ4v) is 3.77. The lowest BCUT2D eigenvalue weighted by atomic mass is 9.76. The number of carbonyl (C=O) groups excluding carboxylic acids is 1. The number of aliphatic carboxylic acids is 1. The van der Waals surface area contributed by atoms with Crippen molar-refractivity contribution in [1.82, 2.24) is 9.88 Å². The van der Waals surface area contributed by atoms with Crippen molar-refractivity contribution in [2.75, 3.05) is 0 Å². The smallest absolute Gasteiger partial charge is 0.326 e. The van der Waals surface area contributed by atoms with E-state index >= 15 is 0 Å². The van der Waals surface area contributed by atoms with Crippen LogP contribution < -0.4 is 0 Å². The molecule has 108 valence electrons. The molecule has 2 heterocycles. The highest BCUT2D eigenvalue weighted by molar-refractivity contribution is 5.95. The maximum absolute atomic E-state index is 12.7. The van der Waals surface area contributed by atoms with Gasteiger partial charge in [0.05, 0.1) is 0 Å². The van der Waals surface area contributed by atoms with E-state index < -0.39 is 12.0 Å². The van der Waals surface area contributed by atoms with E-state index in [1.807, 2.05) is 0 Å². The quantitative estimate of drug-likeness (QED) is 0.870. The maximum atomic E-state index is 12.7. The Morgan fingerprint density at radius 2 is 2.00 bits per heavy atom. The SMILES string of the molecule is O=C(O)C1CCC2CCCCC2N1C(=O)c1ccc[nH]1. The molecule has 1 aromatic rings. The summed E-state index contributed by atoms with van der Waals surface area (Å²) < 4.78 is 0. The topological polar surface area (TPSA) is 73.4 Å². The van der Waals surface area contributed by atoms with Gasteiger partial charge in [-0.3, -0.25) is 4.79 Å². The number of nitrogens with one attached hydrogen (secondary N) is 1. The third-order valence-electron chi connectivity index (χ3n) is 4.72. The van der Waals surface area contributed by atoms with Crippen molar-refractivity contribution >= 4 is 11.9 Å². The summed E-state index contributed by atoms with van der Waals surface area (Å²) in [5.41, 5.74) is 0.488. The summed E-state index contributed by atoms with van der Waals surface area (Å²) in [4.78, 5) is 28.7. The summed E-state index contributed by atoms with van der Waals surface area (Å²) in [6, 6.07) is 2.90. The molecule has 1 aromatic heterocycles. The van der Waals surface area contributed by atoms with Gasteiger partial charge in [-0.1, -0.05) is 12.8 Å². The number of nitrogens with zero attached hydrogens (tertiary/aromatic N) is 1. The molecule has 2 fully saturated rings. The highest BCUT2D eigenvalue weighted by Gasteiger charge is 2.44. The molecule has 5 heteroatoms. The Balaban J connectivity index is 1.91. The maximum Gasteiger partial charge on any atom is 0.326 e. The van der Waals surface area contributed by atoms with Gasteiger partial charge in [0.1, 0.15) is 11.7 Å². The molecule has 0 aromatic carbocycles. The largest absolute Gasteiger partial charge is 0.480 e. The van der Waals surface area contributed by atoms with E-state index in [1.54, 1.807) is 23.2 Å². The van der Waals surface area contributed by atoms with E-state index in [0.29, 0.717) is 18.0 Å². The van der Waals surface area contributed by atoms with Crippen molar-refractivity contribution in [3.8, 4) is 0 Å². The van der Waals surface area contributed by atoms with Crippen molar-refractivity contribution < 1.29 is 14.7 Å². The summed E-state index contributed by atoms with van der Waals surface area (Å²) >= 11 is 0. The second-order valence-corrected chi connectivity index (χ2v) is 5.84. The fourth-order valence-electron chi connectivity index (χ4n) is 3.77. The monoisotopic (exact) mass is 276 g/mol. The Kier molecular flexibility index (Phi) is 3.51. The molecule has 3 atom stereocenters. The summed E-state index contributed by atoms with van der Waals surface area (Å²) in [7, 11) is 0. The molecule has 3 unspecified atom stereocenters. The average molecular weight is 276 g/mol. The Bertz CT molecular complexity index is 497.